The second-order valence-electron chi connectivity index (χ2n) is 4.82. The van der Waals surface area contributed by atoms with Gasteiger partial charge in [0.05, 0.1) is 0 Å². The van der Waals surface area contributed by atoms with Crippen molar-refractivity contribution in [1.82, 2.24) is 15.0 Å². The largest absolute Gasteiger partial charge is 0.374 e. The third kappa shape index (κ3) is 4.17. The van der Waals surface area contributed by atoms with E-state index in [2.05, 4.69) is 52.4 Å². The molecule has 1 heterocycles. The maximum Gasteiger partial charge on any atom is 0.233 e. The first kappa shape index (κ1) is 17.4. The Labute approximate surface area is 127 Å². The number of anilines is 3. The lowest BCUT2D eigenvalue weighted by Crippen LogP contribution is -2.33. The van der Waals surface area contributed by atoms with Gasteiger partial charge in [0.25, 0.3) is 0 Å². The Hall–Kier alpha value is -1.63. The Kier molecular flexibility index (Phi) is 6.61. The van der Waals surface area contributed by atoms with Crippen LogP contribution in [0.15, 0.2) is 0 Å². The standard InChI is InChI=1S/C14H28N6O/c1-7-19(8-2)13-15-12(18(6)11(5)21)16-14(17-13)20(9-3)10-4/h11,21H,7-10H2,1-6H3. The van der Waals surface area contributed by atoms with E-state index in [1.807, 2.05) is 0 Å². The molecule has 1 rings (SSSR count). The van der Waals surface area contributed by atoms with E-state index < -0.39 is 6.23 Å². The third-order valence-electron chi connectivity index (χ3n) is 3.57. The van der Waals surface area contributed by atoms with Crippen molar-refractivity contribution < 1.29 is 5.11 Å². The molecule has 0 radical (unpaired) electrons. The van der Waals surface area contributed by atoms with Gasteiger partial charge in [-0.3, -0.25) is 0 Å². The molecular weight excluding hydrogens is 268 g/mol. The van der Waals surface area contributed by atoms with Gasteiger partial charge in [-0.05, 0) is 34.6 Å². The summed E-state index contributed by atoms with van der Waals surface area (Å²) in [6, 6.07) is 0. The molecule has 21 heavy (non-hydrogen) atoms. The van der Waals surface area contributed by atoms with Gasteiger partial charge in [0.1, 0.15) is 6.23 Å². The van der Waals surface area contributed by atoms with E-state index in [0.717, 1.165) is 26.2 Å². The lowest BCUT2D eigenvalue weighted by Gasteiger charge is -2.26. The van der Waals surface area contributed by atoms with E-state index in [0.29, 0.717) is 17.8 Å². The average Bonchev–Trinajstić information content (AvgIpc) is 2.48. The highest BCUT2D eigenvalue weighted by atomic mass is 16.3. The molecule has 0 aliphatic carbocycles. The smallest absolute Gasteiger partial charge is 0.233 e. The fourth-order valence-corrected chi connectivity index (χ4v) is 1.96. The highest BCUT2D eigenvalue weighted by molar-refractivity contribution is 5.46. The van der Waals surface area contributed by atoms with Crippen LogP contribution >= 0.6 is 0 Å². The van der Waals surface area contributed by atoms with Crippen molar-refractivity contribution in [2.45, 2.75) is 40.8 Å². The van der Waals surface area contributed by atoms with Gasteiger partial charge in [0.2, 0.25) is 17.8 Å². The summed E-state index contributed by atoms with van der Waals surface area (Å²) in [5, 5.41) is 9.76. The van der Waals surface area contributed by atoms with Crippen LogP contribution < -0.4 is 14.7 Å². The van der Waals surface area contributed by atoms with E-state index in [1.165, 1.54) is 0 Å². The van der Waals surface area contributed by atoms with Gasteiger partial charge in [0.15, 0.2) is 0 Å². The van der Waals surface area contributed by atoms with Crippen LogP contribution in [0.5, 0.6) is 0 Å². The molecule has 0 aromatic carbocycles. The van der Waals surface area contributed by atoms with Gasteiger partial charge in [-0.2, -0.15) is 15.0 Å². The first-order valence-corrected chi connectivity index (χ1v) is 7.65. The predicted molar refractivity (Wildman–Crippen MR) is 87.0 cm³/mol. The number of rotatable bonds is 8. The molecule has 1 atom stereocenters. The van der Waals surface area contributed by atoms with E-state index in [4.69, 9.17) is 0 Å². The summed E-state index contributed by atoms with van der Waals surface area (Å²) in [5.74, 6) is 1.79. The summed E-state index contributed by atoms with van der Waals surface area (Å²) < 4.78 is 0. The van der Waals surface area contributed by atoms with Crippen LogP contribution in [-0.2, 0) is 0 Å². The summed E-state index contributed by atoms with van der Waals surface area (Å²) in [6.45, 7) is 13.3. The Morgan fingerprint density at radius 2 is 1.14 bits per heavy atom. The Morgan fingerprint density at radius 3 is 1.43 bits per heavy atom. The van der Waals surface area contributed by atoms with Crippen LogP contribution in [0.1, 0.15) is 34.6 Å². The lowest BCUT2D eigenvalue weighted by atomic mass is 10.5. The van der Waals surface area contributed by atoms with E-state index in [9.17, 15) is 5.11 Å². The molecule has 0 spiro atoms. The summed E-state index contributed by atoms with van der Waals surface area (Å²) >= 11 is 0. The van der Waals surface area contributed by atoms with Gasteiger partial charge < -0.3 is 19.8 Å². The lowest BCUT2D eigenvalue weighted by molar-refractivity contribution is 0.193. The fourth-order valence-electron chi connectivity index (χ4n) is 1.96. The number of hydrogen-bond acceptors (Lipinski definition) is 7. The Balaban J connectivity index is 3.31. The van der Waals surface area contributed by atoms with Crippen molar-refractivity contribution in [3.05, 3.63) is 0 Å². The average molecular weight is 296 g/mol. The van der Waals surface area contributed by atoms with Gasteiger partial charge in [-0.15, -0.1) is 0 Å². The minimum atomic E-state index is -0.651. The number of aromatic nitrogens is 3. The van der Waals surface area contributed by atoms with E-state index in [1.54, 1.807) is 18.9 Å². The van der Waals surface area contributed by atoms with Crippen molar-refractivity contribution in [3.63, 3.8) is 0 Å². The van der Waals surface area contributed by atoms with E-state index in [-0.39, 0.29) is 0 Å². The first-order chi connectivity index (χ1) is 9.98. The van der Waals surface area contributed by atoms with Crippen LogP contribution in [0.4, 0.5) is 17.8 Å². The molecule has 1 aromatic rings. The molecule has 0 bridgehead atoms. The molecule has 0 aliphatic heterocycles. The molecule has 0 amide bonds. The van der Waals surface area contributed by atoms with E-state index >= 15 is 0 Å². The van der Waals surface area contributed by atoms with Gasteiger partial charge in [-0.25, -0.2) is 0 Å². The molecule has 0 fully saturated rings. The molecule has 0 aliphatic rings. The molecule has 7 nitrogen and oxygen atoms in total. The maximum atomic E-state index is 9.76. The quantitative estimate of drug-likeness (QED) is 0.726. The SMILES string of the molecule is CCN(CC)c1nc(N(CC)CC)nc(N(C)C(C)O)n1. The van der Waals surface area contributed by atoms with Crippen LogP contribution in [0.3, 0.4) is 0 Å². The molecule has 7 heteroatoms. The predicted octanol–water partition coefficient (Wildman–Crippen LogP) is 1.34. The maximum absolute atomic E-state index is 9.76. The molecule has 0 saturated heterocycles. The van der Waals surface area contributed by atoms with Crippen molar-refractivity contribution in [1.29, 1.82) is 0 Å². The van der Waals surface area contributed by atoms with Crippen LogP contribution in [-0.4, -0.2) is 59.5 Å². The molecular formula is C14H28N6O. The zero-order valence-electron chi connectivity index (χ0n) is 14.0. The summed E-state index contributed by atoms with van der Waals surface area (Å²) in [4.78, 5) is 19.4. The summed E-state index contributed by atoms with van der Waals surface area (Å²) in [5.41, 5.74) is 0. The van der Waals surface area contributed by atoms with Crippen molar-refractivity contribution in [2.24, 2.45) is 0 Å². The number of aliphatic hydroxyl groups excluding tert-OH is 1. The zero-order chi connectivity index (χ0) is 16.0. The minimum absolute atomic E-state index is 0.490. The molecule has 1 aromatic heterocycles. The number of aliphatic hydroxyl groups is 1. The van der Waals surface area contributed by atoms with Crippen LogP contribution in [0.25, 0.3) is 0 Å². The molecule has 0 saturated carbocycles. The normalized spacial score (nSPS) is 12.1. The first-order valence-electron chi connectivity index (χ1n) is 7.65. The summed E-state index contributed by atoms with van der Waals surface area (Å²) in [7, 11) is 1.78. The molecule has 1 unspecified atom stereocenters. The second-order valence-corrected chi connectivity index (χ2v) is 4.82. The second kappa shape index (κ2) is 7.97. The Morgan fingerprint density at radius 1 is 0.810 bits per heavy atom. The van der Waals surface area contributed by atoms with Gasteiger partial charge >= 0.3 is 0 Å². The van der Waals surface area contributed by atoms with Crippen molar-refractivity contribution in [3.8, 4) is 0 Å². The third-order valence-corrected chi connectivity index (χ3v) is 3.57. The topological polar surface area (TPSA) is 68.6 Å². The minimum Gasteiger partial charge on any atom is -0.374 e. The fraction of sp³-hybridized carbons (Fsp3) is 0.786. The molecule has 1 N–H and O–H groups in total. The van der Waals surface area contributed by atoms with Crippen molar-refractivity contribution >= 4 is 17.8 Å². The van der Waals surface area contributed by atoms with Gasteiger partial charge in [0, 0.05) is 33.2 Å². The summed E-state index contributed by atoms with van der Waals surface area (Å²) in [6.07, 6.45) is -0.651. The number of nitrogens with zero attached hydrogens (tertiary/aromatic N) is 6. The van der Waals surface area contributed by atoms with Crippen LogP contribution in [0.2, 0.25) is 0 Å². The zero-order valence-corrected chi connectivity index (χ0v) is 14.0. The van der Waals surface area contributed by atoms with Gasteiger partial charge in [-0.1, -0.05) is 0 Å². The Bertz CT molecular complexity index is 371. The highest BCUT2D eigenvalue weighted by Crippen LogP contribution is 2.19. The monoisotopic (exact) mass is 296 g/mol. The molecule has 120 valence electrons. The van der Waals surface area contributed by atoms with Crippen molar-refractivity contribution in [2.75, 3.05) is 47.9 Å². The number of hydrogen-bond donors (Lipinski definition) is 1. The highest BCUT2D eigenvalue weighted by Gasteiger charge is 2.18. The van der Waals surface area contributed by atoms with Crippen LogP contribution in [0, 0.1) is 0 Å².